The number of carbonyl (C=O) groups is 6. The van der Waals surface area contributed by atoms with Gasteiger partial charge in [-0.15, -0.1) is 0 Å². The van der Waals surface area contributed by atoms with Crippen LogP contribution in [0.15, 0.2) is 30.3 Å². The van der Waals surface area contributed by atoms with Crippen molar-refractivity contribution in [1.82, 2.24) is 20.9 Å². The second-order valence-corrected chi connectivity index (χ2v) is 12.4. The van der Waals surface area contributed by atoms with E-state index >= 15 is 0 Å². The Morgan fingerprint density at radius 3 is 2.19 bits per heavy atom. The van der Waals surface area contributed by atoms with Crippen molar-refractivity contribution in [3.05, 3.63) is 30.3 Å². The molecule has 0 radical (unpaired) electrons. The zero-order valence-corrected chi connectivity index (χ0v) is 25.7. The summed E-state index contributed by atoms with van der Waals surface area (Å²) in [5.74, 6) is -3.39. The van der Waals surface area contributed by atoms with Gasteiger partial charge in [0, 0.05) is 12.2 Å². The summed E-state index contributed by atoms with van der Waals surface area (Å²) in [4.78, 5) is 78.6. The molecule has 1 aliphatic heterocycles. The predicted molar refractivity (Wildman–Crippen MR) is 157 cm³/mol. The first-order chi connectivity index (χ1) is 19.5. The van der Waals surface area contributed by atoms with Gasteiger partial charge >= 0.3 is 6.09 Å². The third-order valence-corrected chi connectivity index (χ3v) is 6.51. The summed E-state index contributed by atoms with van der Waals surface area (Å²) in [5.41, 5.74) is -0.905. The summed E-state index contributed by atoms with van der Waals surface area (Å²) in [7, 11) is 0. The lowest BCUT2D eigenvalue weighted by Gasteiger charge is -2.36. The van der Waals surface area contributed by atoms with E-state index < -0.39 is 71.2 Å². The molecule has 2 rings (SSSR count). The lowest BCUT2D eigenvalue weighted by Crippen LogP contribution is -2.59. The Bertz CT molecular complexity index is 1140. The van der Waals surface area contributed by atoms with E-state index in [1.54, 1.807) is 78.8 Å². The molecule has 42 heavy (non-hydrogen) atoms. The van der Waals surface area contributed by atoms with E-state index in [1.807, 2.05) is 0 Å². The van der Waals surface area contributed by atoms with E-state index in [1.165, 1.54) is 4.90 Å². The molecular weight excluding hydrogens is 542 g/mol. The van der Waals surface area contributed by atoms with Gasteiger partial charge in [-0.05, 0) is 57.6 Å². The summed E-state index contributed by atoms with van der Waals surface area (Å²) in [6.45, 7) is 12.2. The molecule has 1 aromatic carbocycles. The van der Waals surface area contributed by atoms with Crippen LogP contribution in [-0.4, -0.2) is 77.2 Å². The van der Waals surface area contributed by atoms with Crippen molar-refractivity contribution >= 4 is 41.2 Å². The number of rotatable bonds is 11. The van der Waals surface area contributed by atoms with Crippen LogP contribution in [0.1, 0.15) is 74.1 Å². The summed E-state index contributed by atoms with van der Waals surface area (Å²) < 4.78 is 5.34. The number of likely N-dealkylation sites (tertiary alicyclic amines) is 1. The molecule has 2 unspecified atom stereocenters. The molecule has 3 atom stereocenters. The summed E-state index contributed by atoms with van der Waals surface area (Å²) >= 11 is 0. The Balaban J connectivity index is 2.06. The molecule has 1 aliphatic rings. The Hall–Kier alpha value is -3.96. The molecule has 0 spiro atoms. The van der Waals surface area contributed by atoms with E-state index in [2.05, 4.69) is 21.3 Å². The minimum absolute atomic E-state index is 0.194. The van der Waals surface area contributed by atoms with Crippen molar-refractivity contribution in [3.63, 3.8) is 0 Å². The number of hydrogen-bond acceptors (Lipinski definition) is 7. The van der Waals surface area contributed by atoms with Gasteiger partial charge in [-0.2, -0.15) is 0 Å². The Kier molecular flexibility index (Phi) is 12.1. The first-order valence-electron chi connectivity index (χ1n) is 14.3. The fraction of sp³-hybridized carbons (Fsp3) is 0.600. The summed E-state index contributed by atoms with van der Waals surface area (Å²) in [6.07, 6.45) is 0.862. The van der Waals surface area contributed by atoms with E-state index in [9.17, 15) is 28.8 Å². The van der Waals surface area contributed by atoms with Crippen LogP contribution in [0.25, 0.3) is 0 Å². The Morgan fingerprint density at radius 2 is 1.62 bits per heavy atom. The van der Waals surface area contributed by atoms with Gasteiger partial charge in [0.2, 0.25) is 23.5 Å². The number of Topliss-reactive ketones (excluding diaryl/α,β-unsaturated/α-hetero) is 1. The standard InChI is InChI=1S/C30H45N5O7/c1-8-13-20(23(37)26(39)31-18-22(36)32-19-14-10-9-11-15-19)33-25(38)21-16-12-17-35(21)27(40)24(29(2,3)4)34-28(41)42-30(5,6)7/h9-11,14-15,20-21,24H,8,12-13,16-18H2,1-7H3,(H,31,39)(H,32,36)(H,33,38)(H,34,41)/t20?,21-,24?/m0/s1. The van der Waals surface area contributed by atoms with Gasteiger partial charge in [-0.25, -0.2) is 4.79 Å². The average Bonchev–Trinajstić information content (AvgIpc) is 3.38. The molecule has 12 heteroatoms. The molecule has 4 N–H and O–H groups in total. The maximum absolute atomic E-state index is 13.6. The molecular formula is C30H45N5O7. The zero-order chi connectivity index (χ0) is 31.7. The number of nitrogens with zero attached hydrogens (tertiary/aromatic N) is 1. The van der Waals surface area contributed by atoms with Crippen LogP contribution < -0.4 is 21.3 Å². The number of ketones is 1. The highest BCUT2D eigenvalue weighted by atomic mass is 16.6. The molecule has 0 bridgehead atoms. The van der Waals surface area contributed by atoms with E-state index in [0.29, 0.717) is 31.5 Å². The predicted octanol–water partition coefficient (Wildman–Crippen LogP) is 2.53. The number of benzene rings is 1. The van der Waals surface area contributed by atoms with E-state index in [4.69, 9.17) is 4.74 Å². The number of para-hydroxylation sites is 1. The fourth-order valence-electron chi connectivity index (χ4n) is 4.50. The Labute approximate surface area is 247 Å². The van der Waals surface area contributed by atoms with Gasteiger partial charge in [-0.3, -0.25) is 24.0 Å². The zero-order valence-electron chi connectivity index (χ0n) is 25.7. The minimum Gasteiger partial charge on any atom is -0.444 e. The van der Waals surface area contributed by atoms with Crippen molar-refractivity contribution in [3.8, 4) is 0 Å². The molecule has 12 nitrogen and oxygen atoms in total. The van der Waals surface area contributed by atoms with Gasteiger partial charge < -0.3 is 30.9 Å². The van der Waals surface area contributed by atoms with Crippen molar-refractivity contribution < 1.29 is 33.5 Å². The largest absolute Gasteiger partial charge is 0.444 e. The van der Waals surface area contributed by atoms with Crippen LogP contribution in [0.5, 0.6) is 0 Å². The summed E-state index contributed by atoms with van der Waals surface area (Å²) in [6, 6.07) is 5.68. The molecule has 0 saturated carbocycles. The maximum Gasteiger partial charge on any atom is 0.408 e. The fourth-order valence-corrected chi connectivity index (χ4v) is 4.50. The number of carbonyl (C=O) groups excluding carboxylic acids is 6. The molecule has 232 valence electrons. The number of alkyl carbamates (subject to hydrolysis) is 1. The monoisotopic (exact) mass is 587 g/mol. The SMILES string of the molecule is CCCC(NC(=O)[C@@H]1CCCN1C(=O)C(NC(=O)OC(C)(C)C)C(C)(C)C)C(=O)C(=O)NCC(=O)Nc1ccccc1. The van der Waals surface area contributed by atoms with Crippen molar-refractivity contribution in [2.75, 3.05) is 18.4 Å². The quantitative estimate of drug-likeness (QED) is 0.289. The lowest BCUT2D eigenvalue weighted by molar-refractivity contribution is -0.144. The van der Waals surface area contributed by atoms with Crippen LogP contribution in [0, 0.1) is 5.41 Å². The number of anilines is 1. The van der Waals surface area contributed by atoms with Crippen LogP contribution in [-0.2, 0) is 28.7 Å². The first-order valence-corrected chi connectivity index (χ1v) is 14.3. The van der Waals surface area contributed by atoms with Crippen molar-refractivity contribution in [2.45, 2.75) is 97.9 Å². The lowest BCUT2D eigenvalue weighted by atomic mass is 9.85. The highest BCUT2D eigenvalue weighted by molar-refractivity contribution is 6.38. The third-order valence-electron chi connectivity index (χ3n) is 6.51. The highest BCUT2D eigenvalue weighted by Gasteiger charge is 2.43. The average molecular weight is 588 g/mol. The topological polar surface area (TPSA) is 163 Å². The number of hydrogen-bond donors (Lipinski definition) is 4. The van der Waals surface area contributed by atoms with Crippen molar-refractivity contribution in [2.24, 2.45) is 5.41 Å². The number of amides is 5. The molecule has 0 aromatic heterocycles. The molecule has 1 saturated heterocycles. The van der Waals surface area contributed by atoms with Gasteiger partial charge in [0.15, 0.2) is 0 Å². The normalized spacial score (nSPS) is 16.5. The van der Waals surface area contributed by atoms with Gasteiger partial charge in [0.1, 0.15) is 17.7 Å². The summed E-state index contributed by atoms with van der Waals surface area (Å²) in [5, 5.41) is 10.2. The minimum atomic E-state index is -1.13. The van der Waals surface area contributed by atoms with Crippen LogP contribution in [0.2, 0.25) is 0 Å². The Morgan fingerprint density at radius 1 is 0.976 bits per heavy atom. The maximum atomic E-state index is 13.6. The van der Waals surface area contributed by atoms with Crippen LogP contribution in [0.3, 0.4) is 0 Å². The second-order valence-electron chi connectivity index (χ2n) is 12.4. The van der Waals surface area contributed by atoms with Gasteiger partial charge in [0.25, 0.3) is 5.91 Å². The third kappa shape index (κ3) is 10.5. The highest BCUT2D eigenvalue weighted by Crippen LogP contribution is 2.26. The van der Waals surface area contributed by atoms with E-state index in [-0.39, 0.29) is 6.42 Å². The van der Waals surface area contributed by atoms with Crippen LogP contribution in [0.4, 0.5) is 10.5 Å². The molecule has 0 aliphatic carbocycles. The van der Waals surface area contributed by atoms with Gasteiger partial charge in [0.05, 0.1) is 12.6 Å². The van der Waals surface area contributed by atoms with Crippen molar-refractivity contribution in [1.29, 1.82) is 0 Å². The van der Waals surface area contributed by atoms with Gasteiger partial charge in [-0.1, -0.05) is 52.3 Å². The smallest absolute Gasteiger partial charge is 0.408 e. The molecule has 1 heterocycles. The molecule has 1 aromatic rings. The molecule has 5 amide bonds. The number of nitrogens with one attached hydrogen (secondary N) is 4. The number of ether oxygens (including phenoxy) is 1. The first kappa shape index (κ1) is 34.2. The molecule has 1 fully saturated rings. The van der Waals surface area contributed by atoms with Crippen LogP contribution >= 0.6 is 0 Å². The van der Waals surface area contributed by atoms with E-state index in [0.717, 1.165) is 0 Å². The second kappa shape index (κ2) is 14.8.